The molecule has 0 radical (unpaired) electrons. The summed E-state index contributed by atoms with van der Waals surface area (Å²) >= 11 is 0. The lowest BCUT2D eigenvalue weighted by Gasteiger charge is -2.18. The molecule has 0 amide bonds. The van der Waals surface area contributed by atoms with E-state index in [0.29, 0.717) is 12.6 Å². The van der Waals surface area contributed by atoms with Gasteiger partial charge in [-0.05, 0) is 81.6 Å². The summed E-state index contributed by atoms with van der Waals surface area (Å²) in [5, 5.41) is 4.78. The minimum atomic E-state index is 0.254. The Morgan fingerprint density at radius 2 is 1.83 bits per heavy atom. The number of fused-ring (bicyclic) bond motifs is 3. The van der Waals surface area contributed by atoms with E-state index in [0.717, 1.165) is 48.6 Å². The molecule has 4 rings (SSSR count). The second kappa shape index (κ2) is 8.62. The molecule has 2 aliphatic rings. The van der Waals surface area contributed by atoms with E-state index in [1.807, 2.05) is 0 Å². The van der Waals surface area contributed by atoms with Crippen LogP contribution in [0.2, 0.25) is 0 Å². The largest absolute Gasteiger partial charge is 0.493 e. The number of nitrogens with zero attached hydrogens (tertiary/aromatic N) is 2. The van der Waals surface area contributed by atoms with E-state index in [-0.39, 0.29) is 5.41 Å². The van der Waals surface area contributed by atoms with Crippen molar-refractivity contribution >= 4 is 16.7 Å². The Morgan fingerprint density at radius 1 is 1.10 bits per heavy atom. The van der Waals surface area contributed by atoms with Crippen LogP contribution in [-0.2, 0) is 12.8 Å². The van der Waals surface area contributed by atoms with Gasteiger partial charge < -0.3 is 19.7 Å². The van der Waals surface area contributed by atoms with E-state index in [1.165, 1.54) is 42.4 Å². The molecule has 1 saturated heterocycles. The topological polar surface area (TPSA) is 46.6 Å². The van der Waals surface area contributed by atoms with Gasteiger partial charge in [-0.25, -0.2) is 4.98 Å². The summed E-state index contributed by atoms with van der Waals surface area (Å²) in [6, 6.07) is 4.56. The van der Waals surface area contributed by atoms with Gasteiger partial charge in [-0.15, -0.1) is 0 Å². The average molecular weight is 412 g/mol. The molecule has 1 aliphatic carbocycles. The van der Waals surface area contributed by atoms with Gasteiger partial charge in [0, 0.05) is 24.0 Å². The van der Waals surface area contributed by atoms with Gasteiger partial charge in [0.15, 0.2) is 11.5 Å². The van der Waals surface area contributed by atoms with Crippen LogP contribution in [0.5, 0.6) is 11.5 Å². The van der Waals surface area contributed by atoms with Crippen LogP contribution < -0.4 is 14.8 Å². The average Bonchev–Trinajstić information content (AvgIpc) is 3.31. The Morgan fingerprint density at radius 3 is 2.53 bits per heavy atom. The van der Waals surface area contributed by atoms with Crippen LogP contribution in [0.1, 0.15) is 58.1 Å². The predicted octanol–water partition coefficient (Wildman–Crippen LogP) is 5.05. The third kappa shape index (κ3) is 4.51. The molecule has 0 unspecified atom stereocenters. The number of hydrogen-bond donors (Lipinski definition) is 1. The van der Waals surface area contributed by atoms with Crippen LogP contribution in [0.25, 0.3) is 10.9 Å². The second-order valence-corrected chi connectivity index (χ2v) is 10.0. The highest BCUT2D eigenvalue weighted by Crippen LogP contribution is 2.44. The number of nitrogens with one attached hydrogen (secondary N) is 1. The molecule has 1 aromatic carbocycles. The van der Waals surface area contributed by atoms with Crippen molar-refractivity contribution in [3.8, 4) is 11.5 Å². The van der Waals surface area contributed by atoms with Crippen molar-refractivity contribution in [3.63, 3.8) is 0 Å². The normalized spacial score (nSPS) is 18.2. The van der Waals surface area contributed by atoms with Crippen LogP contribution in [0, 0.1) is 5.41 Å². The summed E-state index contributed by atoms with van der Waals surface area (Å²) in [6.07, 6.45) is 5.82. The molecule has 2 heterocycles. The second-order valence-electron chi connectivity index (χ2n) is 10.0. The number of anilines is 1. The summed E-state index contributed by atoms with van der Waals surface area (Å²) < 4.78 is 11.9. The molecule has 0 saturated carbocycles. The van der Waals surface area contributed by atoms with Gasteiger partial charge in [0.2, 0.25) is 0 Å². The van der Waals surface area contributed by atoms with E-state index in [2.05, 4.69) is 50.0 Å². The van der Waals surface area contributed by atoms with E-state index in [4.69, 9.17) is 14.5 Å². The highest BCUT2D eigenvalue weighted by atomic mass is 16.5. The van der Waals surface area contributed by atoms with Crippen LogP contribution in [0.4, 0.5) is 5.82 Å². The van der Waals surface area contributed by atoms with Crippen molar-refractivity contribution in [1.29, 1.82) is 0 Å². The van der Waals surface area contributed by atoms with Gasteiger partial charge >= 0.3 is 0 Å². The first-order valence-corrected chi connectivity index (χ1v) is 11.5. The van der Waals surface area contributed by atoms with Gasteiger partial charge in [-0.3, -0.25) is 0 Å². The Balaban J connectivity index is 1.61. The standard InChI is InChI=1S/C25H37N3O2/c1-17(2)26-24-20-16-25(3,4)15-19(20)18-13-22(29-5)23(14-21(18)27-24)30-12-8-11-28-9-6-7-10-28/h13-14,17H,6-12,15-16H2,1-5H3,(H,26,27). The quantitative estimate of drug-likeness (QED) is 0.616. The molecule has 5 heteroatoms. The van der Waals surface area contributed by atoms with Gasteiger partial charge in [0.1, 0.15) is 5.82 Å². The molecular weight excluding hydrogens is 374 g/mol. The number of aromatic nitrogens is 1. The number of pyridine rings is 1. The SMILES string of the molecule is COc1cc2c3c(c(NC(C)C)nc2cc1OCCCN1CCCC1)CC(C)(C)C3. The first kappa shape index (κ1) is 21.2. The molecular formula is C25H37N3O2. The smallest absolute Gasteiger partial charge is 0.163 e. The summed E-state index contributed by atoms with van der Waals surface area (Å²) in [5.41, 5.74) is 4.02. The third-order valence-electron chi connectivity index (χ3n) is 6.30. The Bertz CT molecular complexity index is 901. The molecule has 30 heavy (non-hydrogen) atoms. The van der Waals surface area contributed by atoms with Crippen LogP contribution in [-0.4, -0.2) is 49.3 Å². The van der Waals surface area contributed by atoms with Crippen molar-refractivity contribution in [3.05, 3.63) is 23.3 Å². The molecule has 2 aromatic rings. The summed E-state index contributed by atoms with van der Waals surface area (Å²) in [4.78, 5) is 7.55. The summed E-state index contributed by atoms with van der Waals surface area (Å²) in [7, 11) is 1.73. The first-order chi connectivity index (χ1) is 14.4. The van der Waals surface area contributed by atoms with Crippen molar-refractivity contribution in [2.75, 3.05) is 38.7 Å². The Hall–Kier alpha value is -2.01. The minimum absolute atomic E-state index is 0.254. The maximum atomic E-state index is 6.17. The van der Waals surface area contributed by atoms with Crippen molar-refractivity contribution in [1.82, 2.24) is 9.88 Å². The van der Waals surface area contributed by atoms with E-state index in [1.54, 1.807) is 7.11 Å². The Kier molecular flexibility index (Phi) is 6.10. The first-order valence-electron chi connectivity index (χ1n) is 11.5. The van der Waals surface area contributed by atoms with Gasteiger partial charge in [0.05, 0.1) is 19.2 Å². The van der Waals surface area contributed by atoms with Gasteiger partial charge in [-0.2, -0.15) is 0 Å². The molecule has 164 valence electrons. The molecule has 0 bridgehead atoms. The monoisotopic (exact) mass is 411 g/mol. The molecule has 1 N–H and O–H groups in total. The number of likely N-dealkylation sites (tertiary alicyclic amines) is 1. The molecule has 1 fully saturated rings. The fourth-order valence-corrected chi connectivity index (χ4v) is 4.93. The number of methoxy groups -OCH3 is 1. The van der Waals surface area contributed by atoms with Crippen molar-refractivity contribution in [2.45, 2.75) is 65.8 Å². The number of rotatable bonds is 8. The zero-order valence-electron chi connectivity index (χ0n) is 19.3. The molecule has 1 aromatic heterocycles. The number of ether oxygens (including phenoxy) is 2. The van der Waals surface area contributed by atoms with E-state index >= 15 is 0 Å². The van der Waals surface area contributed by atoms with Gasteiger partial charge in [0.25, 0.3) is 0 Å². The predicted molar refractivity (Wildman–Crippen MR) is 124 cm³/mol. The summed E-state index contributed by atoms with van der Waals surface area (Å²) in [6.45, 7) is 13.3. The summed E-state index contributed by atoms with van der Waals surface area (Å²) in [5.74, 6) is 2.64. The maximum absolute atomic E-state index is 6.17. The highest BCUT2D eigenvalue weighted by molar-refractivity contribution is 5.89. The molecule has 0 spiro atoms. The van der Waals surface area contributed by atoms with Crippen LogP contribution in [0.3, 0.4) is 0 Å². The van der Waals surface area contributed by atoms with Crippen LogP contribution >= 0.6 is 0 Å². The molecule has 5 nitrogen and oxygen atoms in total. The van der Waals surface area contributed by atoms with E-state index < -0.39 is 0 Å². The minimum Gasteiger partial charge on any atom is -0.493 e. The lowest BCUT2D eigenvalue weighted by Crippen LogP contribution is -2.21. The van der Waals surface area contributed by atoms with Crippen molar-refractivity contribution in [2.24, 2.45) is 5.41 Å². The lowest BCUT2D eigenvalue weighted by atomic mass is 9.90. The zero-order chi connectivity index (χ0) is 21.3. The van der Waals surface area contributed by atoms with E-state index in [9.17, 15) is 0 Å². The molecule has 0 atom stereocenters. The molecule has 1 aliphatic heterocycles. The Labute approximate surface area is 181 Å². The third-order valence-corrected chi connectivity index (χ3v) is 6.30. The fraction of sp³-hybridized carbons (Fsp3) is 0.640. The lowest BCUT2D eigenvalue weighted by molar-refractivity contribution is 0.254. The van der Waals surface area contributed by atoms with Crippen molar-refractivity contribution < 1.29 is 9.47 Å². The number of hydrogen-bond acceptors (Lipinski definition) is 5. The maximum Gasteiger partial charge on any atom is 0.163 e. The zero-order valence-corrected chi connectivity index (χ0v) is 19.3. The highest BCUT2D eigenvalue weighted by Gasteiger charge is 2.33. The van der Waals surface area contributed by atoms with Crippen LogP contribution in [0.15, 0.2) is 12.1 Å². The fourth-order valence-electron chi connectivity index (χ4n) is 4.93. The number of benzene rings is 1. The van der Waals surface area contributed by atoms with Gasteiger partial charge in [-0.1, -0.05) is 13.8 Å².